The maximum atomic E-state index is 8.52. The summed E-state index contributed by atoms with van der Waals surface area (Å²) in [4.78, 5) is 0. The van der Waals surface area contributed by atoms with E-state index >= 15 is 0 Å². The lowest BCUT2D eigenvalue weighted by atomic mass is 10.0. The minimum atomic E-state index is -5.17. The fraction of sp³-hybridized carbons (Fsp3) is 1.00. The quantitative estimate of drug-likeness (QED) is 0.0190. The molecule has 15 heteroatoms. The van der Waals surface area contributed by atoms with Crippen LogP contribution in [0.5, 0.6) is 0 Å². The third-order valence-electron chi connectivity index (χ3n) is 13.6. The van der Waals surface area contributed by atoms with E-state index in [9.17, 15) is 0 Å². The van der Waals surface area contributed by atoms with Crippen molar-refractivity contribution >= 4 is 28.0 Å². The van der Waals surface area contributed by atoms with Crippen molar-refractivity contribution in [1.29, 1.82) is 0 Å². The number of rotatable bonds is 48. The largest absolute Gasteiger partial charge is 0.759 e. The average molecular weight is 1020 g/mol. The summed E-state index contributed by atoms with van der Waals surface area (Å²) in [6.45, 7) is 9.43. The molecule has 0 aromatic rings. The van der Waals surface area contributed by atoms with Gasteiger partial charge < -0.3 is 44.6 Å². The monoisotopic (exact) mass is 1020 g/mol. The molecule has 0 amide bonds. The van der Waals surface area contributed by atoms with Gasteiger partial charge in [0.05, 0.1) is 54.4 Å². The van der Waals surface area contributed by atoms with Gasteiger partial charge in [0.2, 0.25) is 0 Å². The molecule has 0 aliphatic rings. The Morgan fingerprint density at radius 2 is 0.463 bits per heavy atom. The Morgan fingerprint density at radius 3 is 0.627 bits per heavy atom. The van der Waals surface area contributed by atoms with Crippen LogP contribution in [0.15, 0.2) is 0 Å². The smallest absolute Gasteiger partial charge is 0.500 e. The van der Waals surface area contributed by atoms with Crippen LogP contribution in [0.4, 0.5) is 0 Å². The van der Waals surface area contributed by atoms with Crippen molar-refractivity contribution in [2.75, 3.05) is 97.0 Å². The summed E-state index contributed by atoms with van der Waals surface area (Å²) in [6, 6.07) is 1.80. The summed E-state index contributed by atoms with van der Waals surface area (Å²) in [7, 11) is 9.64. The highest BCUT2D eigenvalue weighted by molar-refractivity contribution is 7.79. The Hall–Kier alpha value is -0.0162. The average Bonchev–Trinajstić information content (AvgIpc) is 3.29. The van der Waals surface area contributed by atoms with Gasteiger partial charge in [-0.1, -0.05) is 194 Å². The number of hydrogen-bond donors (Lipinski definition) is 0. The molecule has 0 aliphatic heterocycles. The second-order valence-corrected chi connectivity index (χ2v) is 27.6. The van der Waals surface area contributed by atoms with Gasteiger partial charge in [-0.05, 0) is 25.7 Å². The van der Waals surface area contributed by atoms with Crippen molar-refractivity contribution in [3.63, 3.8) is 0 Å². The van der Waals surface area contributed by atoms with Crippen molar-refractivity contribution < 1.29 is 53.0 Å². The normalized spacial score (nSPS) is 12.5. The number of nitrogens with zero attached hydrogens (tertiary/aromatic N) is 2. The zero-order chi connectivity index (χ0) is 51.0. The molecule has 0 fully saturated rings. The molecule has 0 atom stereocenters. The fourth-order valence-corrected chi connectivity index (χ4v) is 12.4. The first-order chi connectivity index (χ1) is 31.9. The highest BCUT2D eigenvalue weighted by Gasteiger charge is 2.38. The third-order valence-corrected chi connectivity index (χ3v) is 19.3. The maximum Gasteiger partial charge on any atom is 0.500 e. The lowest BCUT2D eigenvalue weighted by molar-refractivity contribution is -0.890. The first-order valence-corrected chi connectivity index (χ1v) is 32.7. The molecule has 67 heavy (non-hydrogen) atoms. The molecule has 0 unspecified atom stereocenters. The van der Waals surface area contributed by atoms with Gasteiger partial charge in [0, 0.05) is 78.0 Å². The van der Waals surface area contributed by atoms with Crippen LogP contribution in [0.3, 0.4) is 0 Å². The molecular formula is C52H116N2O10SSi2. The standard InChI is InChI=1S/2C26H58NO3Si.H2O4S/c2*1-7-8-9-10-11-12-13-14-15-16-17-18-19-20-21-22-24-27(2,3)25-23-26-31(28-4,29-5)30-6;1-5(2,3)4/h2*7-26H2,1-6H3;(H2,1,2,3,4)/q2*+1;/p-2. The van der Waals surface area contributed by atoms with Crippen LogP contribution in [0.25, 0.3) is 0 Å². The van der Waals surface area contributed by atoms with E-state index in [1.165, 1.54) is 219 Å². The molecule has 0 saturated heterocycles. The molecule has 0 aromatic heterocycles. The van der Waals surface area contributed by atoms with Crippen LogP contribution in [0.1, 0.15) is 232 Å². The first kappa shape index (κ1) is 71.2. The summed E-state index contributed by atoms with van der Waals surface area (Å²) in [6.07, 6.45) is 48.0. The number of quaternary nitrogens is 2. The fourth-order valence-electron chi connectivity index (χ4n) is 8.96. The lowest BCUT2D eigenvalue weighted by Gasteiger charge is -2.31. The van der Waals surface area contributed by atoms with Crippen molar-refractivity contribution in [1.82, 2.24) is 0 Å². The minimum absolute atomic E-state index is 0.900. The van der Waals surface area contributed by atoms with Crippen LogP contribution in [-0.2, 0) is 37.0 Å². The van der Waals surface area contributed by atoms with Gasteiger partial charge in [-0.15, -0.1) is 0 Å². The maximum absolute atomic E-state index is 8.52. The summed E-state index contributed by atoms with van der Waals surface area (Å²) in [5, 5.41) is 0. The summed E-state index contributed by atoms with van der Waals surface area (Å²) < 4.78 is 69.4. The van der Waals surface area contributed by atoms with Crippen LogP contribution >= 0.6 is 0 Å². The molecule has 0 heterocycles. The summed E-state index contributed by atoms with van der Waals surface area (Å²) in [5.41, 5.74) is 0. The van der Waals surface area contributed by atoms with Crippen molar-refractivity contribution in [2.24, 2.45) is 0 Å². The van der Waals surface area contributed by atoms with Crippen LogP contribution in [-0.4, -0.2) is 141 Å². The molecule has 0 N–H and O–H groups in total. The van der Waals surface area contributed by atoms with Crippen molar-refractivity contribution in [3.05, 3.63) is 0 Å². The Morgan fingerprint density at radius 1 is 0.313 bits per heavy atom. The molecule has 0 saturated carbocycles. The summed E-state index contributed by atoms with van der Waals surface area (Å²) in [5.74, 6) is 0. The SMILES string of the molecule is CCCCCCCCCCCCCCCCCC[N+](C)(C)CCC[Si](OC)(OC)OC.CCCCCCCCCCCCCCCCCC[N+](C)(C)CCC[Si](OC)(OC)OC.O=S(=O)([O-])[O-]. The van der Waals surface area contributed by atoms with Gasteiger partial charge in [-0.3, -0.25) is 8.42 Å². The second kappa shape index (κ2) is 48.3. The topological polar surface area (TPSA) is 136 Å². The lowest BCUT2D eigenvalue weighted by Crippen LogP contribution is -2.45. The van der Waals surface area contributed by atoms with Gasteiger partial charge in [-0.25, -0.2) is 0 Å². The van der Waals surface area contributed by atoms with Gasteiger partial charge in [-0.2, -0.15) is 0 Å². The predicted molar refractivity (Wildman–Crippen MR) is 286 cm³/mol. The summed E-state index contributed by atoms with van der Waals surface area (Å²) >= 11 is 0. The Labute approximate surface area is 420 Å². The van der Waals surface area contributed by atoms with E-state index in [2.05, 4.69) is 42.0 Å². The van der Waals surface area contributed by atoms with E-state index in [1.54, 1.807) is 42.7 Å². The van der Waals surface area contributed by atoms with Crippen molar-refractivity contribution in [2.45, 2.75) is 244 Å². The van der Waals surface area contributed by atoms with E-state index in [1.807, 2.05) is 0 Å². The number of unbranched alkanes of at least 4 members (excludes halogenated alkanes) is 30. The Balaban J connectivity index is -0.00000111. The van der Waals surface area contributed by atoms with Crippen LogP contribution in [0, 0.1) is 0 Å². The molecule has 0 spiro atoms. The van der Waals surface area contributed by atoms with Gasteiger partial charge in [0.15, 0.2) is 0 Å². The molecule has 0 aliphatic carbocycles. The first-order valence-electron chi connectivity index (χ1n) is 27.5. The van der Waals surface area contributed by atoms with Gasteiger partial charge in [0.1, 0.15) is 0 Å². The zero-order valence-corrected chi connectivity index (χ0v) is 49.5. The molecule has 408 valence electrons. The molecule has 0 bridgehead atoms. The highest BCUT2D eigenvalue weighted by atomic mass is 32.3. The van der Waals surface area contributed by atoms with Crippen molar-refractivity contribution in [3.8, 4) is 0 Å². The van der Waals surface area contributed by atoms with E-state index in [0.717, 1.165) is 47.0 Å². The molecule has 12 nitrogen and oxygen atoms in total. The van der Waals surface area contributed by atoms with Crippen LogP contribution < -0.4 is 0 Å². The second-order valence-electron chi connectivity index (χ2n) is 20.6. The van der Waals surface area contributed by atoms with E-state index in [0.29, 0.717) is 0 Å². The minimum Gasteiger partial charge on any atom is -0.759 e. The van der Waals surface area contributed by atoms with E-state index < -0.39 is 28.0 Å². The Bertz CT molecular complexity index is 1020. The van der Waals surface area contributed by atoms with Crippen LogP contribution in [0.2, 0.25) is 12.1 Å². The third kappa shape index (κ3) is 52.1. The van der Waals surface area contributed by atoms with Gasteiger partial charge in [0.25, 0.3) is 0 Å². The zero-order valence-electron chi connectivity index (χ0n) is 46.7. The Kier molecular flexibility index (Phi) is 51.3. The molecule has 0 radical (unpaired) electrons. The molecule has 0 rings (SSSR count). The van der Waals surface area contributed by atoms with E-state index in [-0.39, 0.29) is 0 Å². The molecule has 0 aromatic carbocycles. The van der Waals surface area contributed by atoms with Gasteiger partial charge >= 0.3 is 17.6 Å². The van der Waals surface area contributed by atoms with E-state index in [4.69, 9.17) is 44.1 Å². The highest BCUT2D eigenvalue weighted by Crippen LogP contribution is 2.20. The number of hydrogen-bond acceptors (Lipinski definition) is 10. The molecular weight excluding hydrogens is 901 g/mol. The predicted octanol–water partition coefficient (Wildman–Crippen LogP) is 13.8.